The maximum absolute atomic E-state index is 6.13. The van der Waals surface area contributed by atoms with Gasteiger partial charge in [-0.1, -0.05) is 47.5 Å². The highest BCUT2D eigenvalue weighted by molar-refractivity contribution is 6.30. The lowest BCUT2D eigenvalue weighted by Crippen LogP contribution is -1.90. The Kier molecular flexibility index (Phi) is 3.43. The average Bonchev–Trinajstić information content (AvgIpc) is 2.83. The summed E-state index contributed by atoms with van der Waals surface area (Å²) in [5.41, 5.74) is 12.3. The first-order valence-electron chi connectivity index (χ1n) is 6.73. The molecule has 4 heteroatoms. The summed E-state index contributed by atoms with van der Waals surface area (Å²) in [7, 11) is 0. The molecule has 0 aliphatic heterocycles. The van der Waals surface area contributed by atoms with Crippen molar-refractivity contribution in [1.82, 2.24) is 10.2 Å². The van der Waals surface area contributed by atoms with E-state index in [2.05, 4.69) is 29.3 Å². The first kappa shape index (κ1) is 13.7. The van der Waals surface area contributed by atoms with Crippen molar-refractivity contribution in [2.24, 2.45) is 0 Å². The quantitative estimate of drug-likeness (QED) is 0.726. The highest BCUT2D eigenvalue weighted by atomic mass is 35.5. The van der Waals surface area contributed by atoms with Crippen LogP contribution in [-0.2, 0) is 0 Å². The maximum Gasteiger partial charge on any atom is 0.153 e. The molecule has 0 fully saturated rings. The van der Waals surface area contributed by atoms with Crippen LogP contribution in [0.1, 0.15) is 11.1 Å². The summed E-state index contributed by atoms with van der Waals surface area (Å²) in [4.78, 5) is 0. The van der Waals surface area contributed by atoms with E-state index in [-0.39, 0.29) is 0 Å². The number of rotatable bonds is 2. The first-order chi connectivity index (χ1) is 10.1. The predicted molar refractivity (Wildman–Crippen MR) is 88.4 cm³/mol. The third-order valence-corrected chi connectivity index (χ3v) is 3.81. The number of aryl methyl sites for hydroxylation is 2. The molecule has 0 radical (unpaired) electrons. The van der Waals surface area contributed by atoms with Gasteiger partial charge in [-0.15, -0.1) is 0 Å². The van der Waals surface area contributed by atoms with Crippen LogP contribution in [-0.4, -0.2) is 10.2 Å². The van der Waals surface area contributed by atoms with Crippen molar-refractivity contribution in [3.05, 3.63) is 58.6 Å². The molecule has 0 unspecified atom stereocenters. The molecular weight excluding hydrogens is 282 g/mol. The van der Waals surface area contributed by atoms with Gasteiger partial charge in [0.1, 0.15) is 0 Å². The van der Waals surface area contributed by atoms with E-state index in [0.717, 1.165) is 27.9 Å². The Morgan fingerprint density at radius 2 is 1.90 bits per heavy atom. The fourth-order valence-electron chi connectivity index (χ4n) is 2.51. The van der Waals surface area contributed by atoms with E-state index in [1.54, 1.807) is 0 Å². The van der Waals surface area contributed by atoms with Gasteiger partial charge >= 0.3 is 0 Å². The van der Waals surface area contributed by atoms with Gasteiger partial charge in [-0.25, -0.2) is 0 Å². The number of H-pyrrole nitrogens is 1. The highest BCUT2D eigenvalue weighted by Gasteiger charge is 2.16. The second-order valence-corrected chi connectivity index (χ2v) is 5.62. The molecule has 21 heavy (non-hydrogen) atoms. The summed E-state index contributed by atoms with van der Waals surface area (Å²) in [6.45, 7) is 4.10. The van der Waals surface area contributed by atoms with Crippen LogP contribution < -0.4 is 5.73 Å². The minimum Gasteiger partial charge on any atom is -0.382 e. The van der Waals surface area contributed by atoms with E-state index >= 15 is 0 Å². The van der Waals surface area contributed by atoms with Crippen molar-refractivity contribution in [2.75, 3.05) is 5.73 Å². The molecule has 106 valence electrons. The van der Waals surface area contributed by atoms with Gasteiger partial charge in [-0.05, 0) is 37.1 Å². The molecule has 3 N–H and O–H groups in total. The number of nitrogens with two attached hydrogens (primary N) is 1. The van der Waals surface area contributed by atoms with Crippen LogP contribution >= 0.6 is 11.6 Å². The van der Waals surface area contributed by atoms with Gasteiger partial charge < -0.3 is 5.73 Å². The number of aromatic nitrogens is 2. The fourth-order valence-corrected chi connectivity index (χ4v) is 2.68. The van der Waals surface area contributed by atoms with E-state index < -0.39 is 0 Å². The maximum atomic E-state index is 6.13. The topological polar surface area (TPSA) is 54.7 Å². The number of nitrogen functional groups attached to an aromatic ring is 1. The monoisotopic (exact) mass is 297 g/mol. The van der Waals surface area contributed by atoms with Crippen molar-refractivity contribution in [3.63, 3.8) is 0 Å². The summed E-state index contributed by atoms with van der Waals surface area (Å²) >= 11 is 6.13. The lowest BCUT2D eigenvalue weighted by Gasteiger charge is -2.09. The third kappa shape index (κ3) is 2.52. The van der Waals surface area contributed by atoms with Gasteiger partial charge in [0.15, 0.2) is 5.82 Å². The summed E-state index contributed by atoms with van der Waals surface area (Å²) in [6.07, 6.45) is 0. The van der Waals surface area contributed by atoms with Crippen molar-refractivity contribution >= 4 is 17.4 Å². The van der Waals surface area contributed by atoms with E-state index in [1.165, 1.54) is 5.56 Å². The molecule has 0 saturated heterocycles. The molecule has 1 heterocycles. The van der Waals surface area contributed by atoms with Crippen LogP contribution in [0.5, 0.6) is 0 Å². The Hall–Kier alpha value is -2.26. The van der Waals surface area contributed by atoms with Crippen LogP contribution in [0.3, 0.4) is 0 Å². The van der Waals surface area contributed by atoms with E-state index in [1.807, 2.05) is 37.3 Å². The number of benzene rings is 2. The van der Waals surface area contributed by atoms with E-state index in [0.29, 0.717) is 10.8 Å². The van der Waals surface area contributed by atoms with Crippen LogP contribution in [0.4, 0.5) is 5.82 Å². The van der Waals surface area contributed by atoms with Crippen LogP contribution in [0.2, 0.25) is 5.02 Å². The SMILES string of the molecule is Cc1cccc(-c2c(N)n[nH]c2-c2cc(Cl)ccc2C)c1. The number of halogens is 1. The van der Waals surface area contributed by atoms with E-state index in [4.69, 9.17) is 17.3 Å². The number of nitrogens with zero attached hydrogens (tertiary/aromatic N) is 1. The molecule has 0 aliphatic rings. The smallest absolute Gasteiger partial charge is 0.153 e. The molecule has 3 nitrogen and oxygen atoms in total. The molecule has 3 aromatic rings. The number of hydrogen-bond acceptors (Lipinski definition) is 2. The largest absolute Gasteiger partial charge is 0.382 e. The summed E-state index contributed by atoms with van der Waals surface area (Å²) < 4.78 is 0. The molecule has 2 aromatic carbocycles. The van der Waals surface area contributed by atoms with Crippen molar-refractivity contribution < 1.29 is 0 Å². The Morgan fingerprint density at radius 1 is 1.10 bits per heavy atom. The fraction of sp³-hybridized carbons (Fsp3) is 0.118. The summed E-state index contributed by atoms with van der Waals surface area (Å²) in [6, 6.07) is 14.0. The van der Waals surface area contributed by atoms with Crippen molar-refractivity contribution in [3.8, 4) is 22.4 Å². The Balaban J connectivity index is 2.24. The zero-order valence-electron chi connectivity index (χ0n) is 11.9. The highest BCUT2D eigenvalue weighted by Crippen LogP contribution is 2.37. The van der Waals surface area contributed by atoms with Crippen LogP contribution in [0.25, 0.3) is 22.4 Å². The minimum absolute atomic E-state index is 0.495. The predicted octanol–water partition coefficient (Wildman–Crippen LogP) is 4.60. The average molecular weight is 298 g/mol. The molecule has 0 atom stereocenters. The van der Waals surface area contributed by atoms with Crippen molar-refractivity contribution in [2.45, 2.75) is 13.8 Å². The lowest BCUT2D eigenvalue weighted by atomic mass is 9.97. The van der Waals surface area contributed by atoms with Gasteiger partial charge in [-0.3, -0.25) is 5.10 Å². The molecule has 0 amide bonds. The number of nitrogens with one attached hydrogen (secondary N) is 1. The Morgan fingerprint density at radius 3 is 2.67 bits per heavy atom. The van der Waals surface area contributed by atoms with Gasteiger partial charge in [-0.2, -0.15) is 5.10 Å². The number of aromatic amines is 1. The van der Waals surface area contributed by atoms with Crippen molar-refractivity contribution in [1.29, 1.82) is 0 Å². The number of hydrogen-bond donors (Lipinski definition) is 2. The third-order valence-electron chi connectivity index (χ3n) is 3.57. The molecule has 0 spiro atoms. The zero-order chi connectivity index (χ0) is 15.0. The van der Waals surface area contributed by atoms with Crippen LogP contribution in [0, 0.1) is 13.8 Å². The molecular formula is C17H16ClN3. The summed E-state index contributed by atoms with van der Waals surface area (Å²) in [5, 5.41) is 7.92. The van der Waals surface area contributed by atoms with E-state index in [9.17, 15) is 0 Å². The summed E-state index contributed by atoms with van der Waals surface area (Å²) in [5.74, 6) is 0.495. The Labute approximate surface area is 128 Å². The van der Waals surface area contributed by atoms with Gasteiger partial charge in [0.2, 0.25) is 0 Å². The second kappa shape index (κ2) is 5.26. The van der Waals surface area contributed by atoms with Gasteiger partial charge in [0.05, 0.1) is 11.3 Å². The van der Waals surface area contributed by atoms with Gasteiger partial charge in [0.25, 0.3) is 0 Å². The normalized spacial score (nSPS) is 10.8. The zero-order valence-corrected chi connectivity index (χ0v) is 12.7. The van der Waals surface area contributed by atoms with Crippen LogP contribution in [0.15, 0.2) is 42.5 Å². The Bertz CT molecular complexity index is 806. The number of anilines is 1. The second-order valence-electron chi connectivity index (χ2n) is 5.19. The van der Waals surface area contributed by atoms with Gasteiger partial charge in [0, 0.05) is 10.6 Å². The molecule has 0 bridgehead atoms. The first-order valence-corrected chi connectivity index (χ1v) is 7.11. The molecule has 0 aliphatic carbocycles. The molecule has 0 saturated carbocycles. The standard InChI is InChI=1S/C17H16ClN3/c1-10-4-3-5-12(8-10)15-16(20-21-17(15)19)14-9-13(18)7-6-11(14)2/h3-9H,1-2H3,(H3,19,20,21). The molecule has 1 aromatic heterocycles. The molecule has 3 rings (SSSR count). The minimum atomic E-state index is 0.495. The lowest BCUT2D eigenvalue weighted by molar-refractivity contribution is 1.10.